The highest BCUT2D eigenvalue weighted by Gasteiger charge is 2.30. The van der Waals surface area contributed by atoms with Gasteiger partial charge in [0.1, 0.15) is 0 Å². The number of likely N-dealkylation sites (tertiary alicyclic amines) is 1. The first-order chi connectivity index (χ1) is 10.9. The van der Waals surface area contributed by atoms with E-state index in [0.29, 0.717) is 32.5 Å². The summed E-state index contributed by atoms with van der Waals surface area (Å²) < 4.78 is 25.2. The first kappa shape index (κ1) is 18.7. The summed E-state index contributed by atoms with van der Waals surface area (Å²) in [4.78, 5) is 14.7. The van der Waals surface area contributed by atoms with Gasteiger partial charge in [-0.2, -0.15) is 0 Å². The van der Waals surface area contributed by atoms with Crippen LogP contribution in [-0.2, 0) is 14.8 Å². The van der Waals surface area contributed by atoms with Crippen molar-refractivity contribution in [3.63, 3.8) is 0 Å². The van der Waals surface area contributed by atoms with Gasteiger partial charge in [0.15, 0.2) is 0 Å². The Morgan fingerprint density at radius 1 is 1.17 bits per heavy atom. The van der Waals surface area contributed by atoms with Crippen LogP contribution in [0.5, 0.6) is 0 Å². The lowest BCUT2D eigenvalue weighted by Gasteiger charge is -2.32. The van der Waals surface area contributed by atoms with Gasteiger partial charge >= 0.3 is 0 Å². The highest BCUT2D eigenvalue weighted by molar-refractivity contribution is 7.89. The molecule has 1 N–H and O–H groups in total. The maximum atomic E-state index is 12.2. The van der Waals surface area contributed by atoms with Crippen molar-refractivity contribution in [3.8, 4) is 0 Å². The molecule has 2 aliphatic heterocycles. The van der Waals surface area contributed by atoms with Crippen molar-refractivity contribution in [1.29, 1.82) is 0 Å². The molecule has 0 aliphatic carbocycles. The Balaban J connectivity index is 1.67. The Hall–Kier alpha value is -0.660. The summed E-state index contributed by atoms with van der Waals surface area (Å²) in [5.74, 6) is 0.935. The Bertz CT molecular complexity index is 487. The second-order valence-corrected chi connectivity index (χ2v) is 9.17. The van der Waals surface area contributed by atoms with Gasteiger partial charge in [-0.25, -0.2) is 12.7 Å². The van der Waals surface area contributed by atoms with E-state index < -0.39 is 10.0 Å². The monoisotopic (exact) mass is 345 g/mol. The summed E-state index contributed by atoms with van der Waals surface area (Å²) in [6, 6.07) is 0. The van der Waals surface area contributed by atoms with Gasteiger partial charge in [0, 0.05) is 38.6 Å². The van der Waals surface area contributed by atoms with Crippen LogP contribution < -0.4 is 5.32 Å². The molecular weight excluding hydrogens is 314 g/mol. The normalized spacial score (nSPS) is 25.4. The van der Waals surface area contributed by atoms with Crippen LogP contribution in [0.3, 0.4) is 0 Å². The Morgan fingerprint density at radius 3 is 2.48 bits per heavy atom. The maximum absolute atomic E-state index is 12.2. The molecule has 2 aliphatic rings. The summed E-state index contributed by atoms with van der Waals surface area (Å²) in [5, 5.41) is 3.03. The van der Waals surface area contributed by atoms with E-state index in [1.165, 1.54) is 17.1 Å². The predicted octanol–water partition coefficient (Wildman–Crippen LogP) is 0.896. The number of nitrogens with one attached hydrogen (secondary N) is 1. The molecule has 2 rings (SSSR count). The van der Waals surface area contributed by atoms with Crippen LogP contribution in [0, 0.1) is 11.8 Å². The second-order valence-electron chi connectivity index (χ2n) is 6.91. The quantitative estimate of drug-likeness (QED) is 0.776. The van der Waals surface area contributed by atoms with Crippen LogP contribution in [0.2, 0.25) is 0 Å². The Labute approximate surface area is 140 Å². The van der Waals surface area contributed by atoms with Crippen molar-refractivity contribution in [2.75, 3.05) is 45.0 Å². The fraction of sp³-hybridized carbons (Fsp3) is 0.938. The number of carbonyl (C=O) groups is 1. The number of carbonyl (C=O) groups excluding carboxylic acids is 1. The third-order valence-corrected chi connectivity index (χ3v) is 6.93. The molecule has 0 aromatic carbocycles. The minimum Gasteiger partial charge on any atom is -0.355 e. The van der Waals surface area contributed by atoms with E-state index >= 15 is 0 Å². The number of piperidine rings is 2. The van der Waals surface area contributed by atoms with Crippen molar-refractivity contribution >= 4 is 15.9 Å². The molecule has 0 aromatic heterocycles. The van der Waals surface area contributed by atoms with Gasteiger partial charge in [-0.05, 0) is 45.1 Å². The average Bonchev–Trinajstić information content (AvgIpc) is 2.55. The summed E-state index contributed by atoms with van der Waals surface area (Å²) in [6.45, 7) is 8.75. The average molecular weight is 346 g/mol. The molecule has 134 valence electrons. The van der Waals surface area contributed by atoms with Gasteiger partial charge in [0.25, 0.3) is 0 Å². The van der Waals surface area contributed by atoms with Crippen molar-refractivity contribution in [2.45, 2.75) is 39.5 Å². The molecular formula is C16H31N3O3S. The molecule has 1 amide bonds. The van der Waals surface area contributed by atoms with Crippen LogP contribution in [0.4, 0.5) is 0 Å². The van der Waals surface area contributed by atoms with Crippen LogP contribution >= 0.6 is 0 Å². The fourth-order valence-corrected chi connectivity index (χ4v) is 4.68. The second kappa shape index (κ2) is 8.44. The largest absolute Gasteiger partial charge is 0.355 e. The van der Waals surface area contributed by atoms with E-state index in [2.05, 4.69) is 17.1 Å². The van der Waals surface area contributed by atoms with E-state index in [-0.39, 0.29) is 17.6 Å². The van der Waals surface area contributed by atoms with E-state index in [9.17, 15) is 13.2 Å². The molecule has 2 saturated heterocycles. The first-order valence-corrected chi connectivity index (χ1v) is 10.5. The van der Waals surface area contributed by atoms with Gasteiger partial charge in [-0.1, -0.05) is 6.92 Å². The molecule has 7 heteroatoms. The highest BCUT2D eigenvalue weighted by Crippen LogP contribution is 2.20. The van der Waals surface area contributed by atoms with Gasteiger partial charge in [-0.15, -0.1) is 0 Å². The van der Waals surface area contributed by atoms with E-state index in [1.54, 1.807) is 6.92 Å². The molecule has 23 heavy (non-hydrogen) atoms. The molecule has 0 radical (unpaired) electrons. The Kier molecular flexibility index (Phi) is 6.85. The van der Waals surface area contributed by atoms with Crippen molar-refractivity contribution in [3.05, 3.63) is 0 Å². The number of amides is 1. The number of hydrogen-bond donors (Lipinski definition) is 1. The molecule has 1 unspecified atom stereocenters. The zero-order valence-corrected chi connectivity index (χ0v) is 15.3. The standard InChI is InChI=1S/C16H31N3O3S/c1-3-23(21,22)19-10-6-15(7-11-19)16(20)17-8-12-18-9-4-5-14(2)13-18/h14-15H,3-13H2,1-2H3,(H,17,20). The van der Waals surface area contributed by atoms with Gasteiger partial charge in [0.2, 0.25) is 15.9 Å². The van der Waals surface area contributed by atoms with Crippen LogP contribution in [0.15, 0.2) is 0 Å². The molecule has 0 spiro atoms. The number of rotatable bonds is 6. The molecule has 2 fully saturated rings. The molecule has 0 aromatic rings. The topological polar surface area (TPSA) is 69.7 Å². The first-order valence-electron chi connectivity index (χ1n) is 8.90. The summed E-state index contributed by atoms with van der Waals surface area (Å²) in [6.07, 6.45) is 3.82. The Morgan fingerprint density at radius 2 is 1.87 bits per heavy atom. The van der Waals surface area contributed by atoms with Gasteiger partial charge in [0.05, 0.1) is 5.75 Å². The molecule has 0 bridgehead atoms. The summed E-state index contributed by atoms with van der Waals surface area (Å²) >= 11 is 0. The molecule has 1 atom stereocenters. The van der Waals surface area contributed by atoms with Gasteiger partial charge < -0.3 is 10.2 Å². The zero-order chi connectivity index (χ0) is 16.9. The molecule has 6 nitrogen and oxygen atoms in total. The fourth-order valence-electron chi connectivity index (χ4n) is 3.55. The zero-order valence-electron chi connectivity index (χ0n) is 14.5. The number of nitrogens with zero attached hydrogens (tertiary/aromatic N) is 2. The lowest BCUT2D eigenvalue weighted by molar-refractivity contribution is -0.126. The lowest BCUT2D eigenvalue weighted by atomic mass is 9.97. The van der Waals surface area contributed by atoms with E-state index in [1.807, 2.05) is 0 Å². The van der Waals surface area contributed by atoms with E-state index in [4.69, 9.17) is 0 Å². The third-order valence-electron chi connectivity index (χ3n) is 5.05. The van der Waals surface area contributed by atoms with E-state index in [0.717, 1.165) is 25.6 Å². The van der Waals surface area contributed by atoms with Crippen LogP contribution in [-0.4, -0.2) is 68.6 Å². The lowest BCUT2D eigenvalue weighted by Crippen LogP contribution is -2.45. The highest BCUT2D eigenvalue weighted by atomic mass is 32.2. The van der Waals surface area contributed by atoms with Crippen molar-refractivity contribution < 1.29 is 13.2 Å². The van der Waals surface area contributed by atoms with Gasteiger partial charge in [-0.3, -0.25) is 4.79 Å². The summed E-state index contributed by atoms with van der Waals surface area (Å²) in [5.41, 5.74) is 0. The third kappa shape index (κ3) is 5.43. The molecule has 2 heterocycles. The summed E-state index contributed by atoms with van der Waals surface area (Å²) in [7, 11) is -3.11. The minimum atomic E-state index is -3.11. The van der Waals surface area contributed by atoms with Crippen molar-refractivity contribution in [2.24, 2.45) is 11.8 Å². The maximum Gasteiger partial charge on any atom is 0.223 e. The van der Waals surface area contributed by atoms with Crippen LogP contribution in [0.25, 0.3) is 0 Å². The smallest absolute Gasteiger partial charge is 0.223 e. The predicted molar refractivity (Wildman–Crippen MR) is 91.6 cm³/mol. The SMILES string of the molecule is CCS(=O)(=O)N1CCC(C(=O)NCCN2CCCC(C)C2)CC1. The number of hydrogen-bond acceptors (Lipinski definition) is 4. The van der Waals surface area contributed by atoms with Crippen molar-refractivity contribution in [1.82, 2.24) is 14.5 Å². The van der Waals surface area contributed by atoms with Crippen LogP contribution in [0.1, 0.15) is 39.5 Å². The minimum absolute atomic E-state index is 0.0430. The molecule has 0 saturated carbocycles. The number of sulfonamides is 1.